The minimum atomic E-state index is -0.227. The van der Waals surface area contributed by atoms with Crippen molar-refractivity contribution in [3.05, 3.63) is 34.9 Å². The summed E-state index contributed by atoms with van der Waals surface area (Å²) in [5.41, 5.74) is 3.86. The van der Waals surface area contributed by atoms with Crippen LogP contribution in [0.3, 0.4) is 0 Å². The van der Waals surface area contributed by atoms with E-state index in [2.05, 4.69) is 45.9 Å². The molecule has 0 fully saturated rings. The molecule has 0 saturated heterocycles. The summed E-state index contributed by atoms with van der Waals surface area (Å²) in [7, 11) is 0. The van der Waals surface area contributed by atoms with E-state index in [9.17, 15) is 5.11 Å². The highest BCUT2D eigenvalue weighted by Gasteiger charge is 2.12. The van der Waals surface area contributed by atoms with Crippen molar-refractivity contribution >= 4 is 0 Å². The lowest BCUT2D eigenvalue weighted by Gasteiger charge is -2.17. The zero-order chi connectivity index (χ0) is 10.7. The molecule has 1 atom stereocenters. The third kappa shape index (κ3) is 2.58. The lowest BCUT2D eigenvalue weighted by atomic mass is 9.93. The standard InChI is InChI=1S/C13H20O/c1-9(2)13(14)8-12-10(3)6-5-7-11(12)4/h5-7,9,13-14H,8H2,1-4H3. The topological polar surface area (TPSA) is 20.2 Å². The minimum Gasteiger partial charge on any atom is -0.393 e. The molecule has 1 heteroatoms. The average molecular weight is 192 g/mol. The van der Waals surface area contributed by atoms with E-state index < -0.39 is 0 Å². The van der Waals surface area contributed by atoms with Crippen LogP contribution in [-0.4, -0.2) is 11.2 Å². The second-order valence-electron chi connectivity index (χ2n) is 4.39. The number of aliphatic hydroxyl groups excluding tert-OH is 1. The second kappa shape index (κ2) is 4.61. The largest absolute Gasteiger partial charge is 0.393 e. The molecule has 1 aromatic carbocycles. The Balaban J connectivity index is 2.85. The fourth-order valence-electron chi connectivity index (χ4n) is 1.62. The van der Waals surface area contributed by atoms with Gasteiger partial charge in [0.15, 0.2) is 0 Å². The van der Waals surface area contributed by atoms with E-state index in [1.807, 2.05) is 0 Å². The molecule has 0 aliphatic carbocycles. The second-order valence-corrected chi connectivity index (χ2v) is 4.39. The van der Waals surface area contributed by atoms with Crippen molar-refractivity contribution in [2.45, 2.75) is 40.2 Å². The van der Waals surface area contributed by atoms with Crippen LogP contribution in [0.15, 0.2) is 18.2 Å². The normalized spacial score (nSPS) is 13.3. The summed E-state index contributed by atoms with van der Waals surface area (Å²) in [5.74, 6) is 0.328. The smallest absolute Gasteiger partial charge is 0.0603 e. The molecule has 0 spiro atoms. The van der Waals surface area contributed by atoms with E-state index in [0.29, 0.717) is 5.92 Å². The Morgan fingerprint density at radius 1 is 1.14 bits per heavy atom. The Labute approximate surface area is 86.8 Å². The molecule has 0 bridgehead atoms. The zero-order valence-corrected chi connectivity index (χ0v) is 9.54. The third-order valence-corrected chi connectivity index (χ3v) is 2.83. The Hall–Kier alpha value is -0.820. The first kappa shape index (κ1) is 11.3. The van der Waals surface area contributed by atoms with E-state index in [-0.39, 0.29) is 6.10 Å². The summed E-state index contributed by atoms with van der Waals surface area (Å²) in [6.45, 7) is 8.32. The highest BCUT2D eigenvalue weighted by atomic mass is 16.3. The van der Waals surface area contributed by atoms with Gasteiger partial charge in [-0.1, -0.05) is 32.0 Å². The number of hydrogen-bond donors (Lipinski definition) is 1. The predicted molar refractivity (Wildman–Crippen MR) is 60.5 cm³/mol. The van der Waals surface area contributed by atoms with Crippen LogP contribution in [0.5, 0.6) is 0 Å². The van der Waals surface area contributed by atoms with Crippen LogP contribution in [0.2, 0.25) is 0 Å². The summed E-state index contributed by atoms with van der Waals surface area (Å²) < 4.78 is 0. The maximum Gasteiger partial charge on any atom is 0.0603 e. The van der Waals surface area contributed by atoms with Gasteiger partial charge in [0.05, 0.1) is 6.10 Å². The Morgan fingerprint density at radius 3 is 2.07 bits per heavy atom. The summed E-state index contributed by atoms with van der Waals surface area (Å²) in [6, 6.07) is 6.28. The van der Waals surface area contributed by atoms with Crippen LogP contribution in [0.4, 0.5) is 0 Å². The summed E-state index contributed by atoms with van der Waals surface area (Å²) in [6.07, 6.45) is 0.547. The summed E-state index contributed by atoms with van der Waals surface area (Å²) in [4.78, 5) is 0. The Morgan fingerprint density at radius 2 is 1.64 bits per heavy atom. The van der Waals surface area contributed by atoms with E-state index in [0.717, 1.165) is 6.42 Å². The van der Waals surface area contributed by atoms with E-state index in [4.69, 9.17) is 0 Å². The van der Waals surface area contributed by atoms with Gasteiger partial charge in [-0.3, -0.25) is 0 Å². The van der Waals surface area contributed by atoms with Crippen molar-refractivity contribution in [3.63, 3.8) is 0 Å². The molecular weight excluding hydrogens is 172 g/mol. The molecular formula is C13H20O. The van der Waals surface area contributed by atoms with Gasteiger partial charge in [-0.25, -0.2) is 0 Å². The van der Waals surface area contributed by atoms with Gasteiger partial charge in [-0.15, -0.1) is 0 Å². The maximum absolute atomic E-state index is 9.83. The van der Waals surface area contributed by atoms with Crippen molar-refractivity contribution in [2.75, 3.05) is 0 Å². The molecule has 78 valence electrons. The van der Waals surface area contributed by atoms with Crippen LogP contribution < -0.4 is 0 Å². The molecule has 1 nitrogen and oxygen atoms in total. The molecule has 0 saturated carbocycles. The molecule has 0 heterocycles. The molecule has 1 unspecified atom stereocenters. The van der Waals surface area contributed by atoms with E-state index in [1.165, 1.54) is 16.7 Å². The molecule has 0 aliphatic rings. The van der Waals surface area contributed by atoms with Crippen LogP contribution >= 0.6 is 0 Å². The number of aryl methyl sites for hydroxylation is 2. The number of hydrogen-bond acceptors (Lipinski definition) is 1. The first-order valence-electron chi connectivity index (χ1n) is 5.25. The monoisotopic (exact) mass is 192 g/mol. The van der Waals surface area contributed by atoms with E-state index in [1.54, 1.807) is 0 Å². The van der Waals surface area contributed by atoms with Crippen molar-refractivity contribution in [1.29, 1.82) is 0 Å². The summed E-state index contributed by atoms with van der Waals surface area (Å²) in [5, 5.41) is 9.83. The van der Waals surface area contributed by atoms with Crippen molar-refractivity contribution in [2.24, 2.45) is 5.92 Å². The van der Waals surface area contributed by atoms with Crippen molar-refractivity contribution < 1.29 is 5.11 Å². The van der Waals surface area contributed by atoms with Gasteiger partial charge in [0, 0.05) is 0 Å². The van der Waals surface area contributed by atoms with Gasteiger partial charge in [-0.2, -0.15) is 0 Å². The van der Waals surface area contributed by atoms with Gasteiger partial charge < -0.3 is 5.11 Å². The molecule has 0 aromatic heterocycles. The highest BCUT2D eigenvalue weighted by Crippen LogP contribution is 2.17. The van der Waals surface area contributed by atoms with Gasteiger partial charge >= 0.3 is 0 Å². The molecule has 1 rings (SSSR count). The minimum absolute atomic E-state index is 0.227. The van der Waals surface area contributed by atoms with Gasteiger partial charge in [-0.05, 0) is 42.9 Å². The van der Waals surface area contributed by atoms with Crippen LogP contribution in [0.25, 0.3) is 0 Å². The zero-order valence-electron chi connectivity index (χ0n) is 9.54. The molecule has 1 N–H and O–H groups in total. The lowest BCUT2D eigenvalue weighted by molar-refractivity contribution is 0.125. The lowest BCUT2D eigenvalue weighted by Crippen LogP contribution is -2.18. The molecule has 0 aliphatic heterocycles. The van der Waals surface area contributed by atoms with Crippen molar-refractivity contribution in [1.82, 2.24) is 0 Å². The van der Waals surface area contributed by atoms with Gasteiger partial charge in [0.2, 0.25) is 0 Å². The fraction of sp³-hybridized carbons (Fsp3) is 0.538. The van der Waals surface area contributed by atoms with Crippen LogP contribution in [0, 0.1) is 19.8 Å². The number of benzene rings is 1. The van der Waals surface area contributed by atoms with Gasteiger partial charge in [0.25, 0.3) is 0 Å². The first-order valence-corrected chi connectivity index (χ1v) is 5.25. The number of aliphatic hydroxyl groups is 1. The average Bonchev–Trinajstić information content (AvgIpc) is 2.11. The predicted octanol–water partition coefficient (Wildman–Crippen LogP) is 2.86. The molecule has 1 aromatic rings. The number of rotatable bonds is 3. The fourth-order valence-corrected chi connectivity index (χ4v) is 1.62. The van der Waals surface area contributed by atoms with Crippen LogP contribution in [0.1, 0.15) is 30.5 Å². The molecule has 0 amide bonds. The van der Waals surface area contributed by atoms with Gasteiger partial charge in [0.1, 0.15) is 0 Å². The highest BCUT2D eigenvalue weighted by molar-refractivity contribution is 5.33. The Bertz CT molecular complexity index is 282. The van der Waals surface area contributed by atoms with E-state index >= 15 is 0 Å². The quantitative estimate of drug-likeness (QED) is 0.780. The molecule has 14 heavy (non-hydrogen) atoms. The SMILES string of the molecule is Cc1cccc(C)c1CC(O)C(C)C. The van der Waals surface area contributed by atoms with Crippen LogP contribution in [-0.2, 0) is 6.42 Å². The summed E-state index contributed by atoms with van der Waals surface area (Å²) >= 11 is 0. The molecule has 0 radical (unpaired) electrons. The Kier molecular flexibility index (Phi) is 3.70. The third-order valence-electron chi connectivity index (χ3n) is 2.83. The maximum atomic E-state index is 9.83. The first-order chi connectivity index (χ1) is 6.52. The van der Waals surface area contributed by atoms with Crippen molar-refractivity contribution in [3.8, 4) is 0 Å².